The molecule has 3 aliphatic heterocycles. The van der Waals surface area contributed by atoms with E-state index in [-0.39, 0.29) is 20.7 Å². The zero-order valence-electron chi connectivity index (χ0n) is 31.8. The quantitative estimate of drug-likeness (QED) is 0.153. The van der Waals surface area contributed by atoms with Crippen LogP contribution in [0.5, 0.6) is 0 Å². The number of nitrogens with zero attached hydrogens (tertiary/aromatic N) is 3. The molecule has 0 atom stereocenters. The monoisotopic (exact) mass is 795 g/mol. The van der Waals surface area contributed by atoms with Gasteiger partial charge in [-0.3, -0.25) is 0 Å². The van der Waals surface area contributed by atoms with Crippen LogP contribution in [-0.2, 0) is 33.8 Å². The van der Waals surface area contributed by atoms with Gasteiger partial charge in [0, 0.05) is 29.4 Å². The highest BCUT2D eigenvalue weighted by molar-refractivity contribution is 8.00. The van der Waals surface area contributed by atoms with Gasteiger partial charge < -0.3 is 14.0 Å². The molecular weight excluding hydrogens is 759 g/mol. The van der Waals surface area contributed by atoms with Crippen molar-refractivity contribution in [1.29, 1.82) is 15.8 Å². The van der Waals surface area contributed by atoms with Crippen molar-refractivity contribution >= 4 is 72.4 Å². The lowest BCUT2D eigenvalue weighted by Gasteiger charge is -2.09. The molecule has 0 amide bonds. The van der Waals surface area contributed by atoms with Crippen LogP contribution in [0.4, 0.5) is 0 Å². The van der Waals surface area contributed by atoms with Gasteiger partial charge in [0.1, 0.15) is 18.2 Å². The van der Waals surface area contributed by atoms with Crippen LogP contribution in [0.3, 0.4) is 0 Å². The molecule has 6 aromatic rings. The van der Waals surface area contributed by atoms with Crippen molar-refractivity contribution in [3.63, 3.8) is 0 Å². The number of nitriles is 3. The molecule has 276 valence electrons. The highest BCUT2D eigenvalue weighted by Crippen LogP contribution is 2.33. The average Bonchev–Trinajstić information content (AvgIpc) is 3.94. The number of hydrogen-bond donors (Lipinski definition) is 0. The first kappa shape index (κ1) is 40.1. The van der Waals surface area contributed by atoms with Gasteiger partial charge in [-0.15, -0.1) is 0 Å². The number of benzene rings is 6. The van der Waals surface area contributed by atoms with Gasteiger partial charge in [0.2, 0.25) is 0 Å². The second-order valence-electron chi connectivity index (χ2n) is 13.5. The van der Waals surface area contributed by atoms with E-state index in [4.69, 9.17) is 29.7 Å². The normalized spacial score (nSPS) is 13.2. The van der Waals surface area contributed by atoms with E-state index in [1.165, 1.54) is 38.0 Å². The molecule has 0 radical (unpaired) electrons. The van der Waals surface area contributed by atoms with E-state index in [0.717, 1.165) is 41.2 Å². The third-order valence-electron chi connectivity index (χ3n) is 9.84. The maximum absolute atomic E-state index is 9.15. The first-order chi connectivity index (χ1) is 27.8. The highest BCUT2D eigenvalue weighted by Gasteiger charge is 2.27. The maximum Gasteiger partial charge on any atom is 0.325 e. The predicted octanol–water partition coefficient (Wildman–Crippen LogP) is 9.20. The van der Waals surface area contributed by atoms with Crippen LogP contribution < -0.4 is 16.4 Å². The molecule has 0 spiro atoms. The highest BCUT2D eigenvalue weighted by atomic mass is 32.2. The topological polar surface area (TPSA) is 99.1 Å². The number of rotatable bonds is 6. The second kappa shape index (κ2) is 18.9. The molecule has 9 rings (SSSR count). The standard InChI is InChI=1S/3C15H12BNOS/c1-16-15-12(10-18-16)6-4-8-14(15)19-13-7-3-2-5-11(13)9-17;1-16-14-7-6-13(8-12(14)10-18-16)19-15-5-3-2-4-11(15)9-17;1-16-14-8-13(7-6-12(14)10-18-16)19-15-5-3-2-4-11(15)9-17/h3*2-8H,10H2,1H3. The third kappa shape index (κ3) is 9.55. The van der Waals surface area contributed by atoms with E-state index in [9.17, 15) is 0 Å². The van der Waals surface area contributed by atoms with Crippen molar-refractivity contribution in [3.05, 3.63) is 161 Å². The van der Waals surface area contributed by atoms with Crippen LogP contribution in [0.15, 0.2) is 157 Å². The molecule has 0 N–H and O–H groups in total. The summed E-state index contributed by atoms with van der Waals surface area (Å²) in [7, 11) is 0. The Balaban J connectivity index is 0.000000131. The summed E-state index contributed by atoms with van der Waals surface area (Å²) in [6.45, 7) is 8.79. The number of fused-ring (bicyclic) bond motifs is 3. The molecule has 0 aromatic heterocycles. The summed E-state index contributed by atoms with van der Waals surface area (Å²) in [6.07, 6.45) is 0. The van der Waals surface area contributed by atoms with Crippen LogP contribution in [-0.4, -0.2) is 20.7 Å². The molecule has 0 bridgehead atoms. The van der Waals surface area contributed by atoms with Gasteiger partial charge in [-0.2, -0.15) is 15.8 Å². The van der Waals surface area contributed by atoms with Crippen molar-refractivity contribution < 1.29 is 14.0 Å². The van der Waals surface area contributed by atoms with Gasteiger partial charge >= 0.3 is 20.7 Å². The smallest absolute Gasteiger partial charge is 0.325 e. The van der Waals surface area contributed by atoms with E-state index >= 15 is 0 Å². The van der Waals surface area contributed by atoms with E-state index < -0.39 is 0 Å². The van der Waals surface area contributed by atoms with Crippen LogP contribution >= 0.6 is 35.3 Å². The molecule has 12 heteroatoms. The summed E-state index contributed by atoms with van der Waals surface area (Å²) in [5.74, 6) is 0. The summed E-state index contributed by atoms with van der Waals surface area (Å²) in [5.41, 5.74) is 9.74. The third-order valence-corrected chi connectivity index (χ3v) is 13.1. The largest absolute Gasteiger partial charge is 0.427 e. The Morgan fingerprint density at radius 3 is 1.53 bits per heavy atom. The lowest BCUT2D eigenvalue weighted by atomic mass is 9.64. The molecule has 0 fully saturated rings. The lowest BCUT2D eigenvalue weighted by Crippen LogP contribution is -2.26. The molecular formula is C45H36B3N3O3S3. The first-order valence-corrected chi connectivity index (χ1v) is 21.0. The van der Waals surface area contributed by atoms with Gasteiger partial charge in [-0.25, -0.2) is 0 Å². The molecule has 6 nitrogen and oxygen atoms in total. The van der Waals surface area contributed by atoms with E-state index in [2.05, 4.69) is 93.3 Å². The van der Waals surface area contributed by atoms with Gasteiger partial charge in [0.25, 0.3) is 0 Å². The van der Waals surface area contributed by atoms with Crippen molar-refractivity contribution in [1.82, 2.24) is 0 Å². The van der Waals surface area contributed by atoms with Crippen LogP contribution in [0.1, 0.15) is 33.4 Å². The van der Waals surface area contributed by atoms with E-state index in [0.29, 0.717) is 19.8 Å². The summed E-state index contributed by atoms with van der Waals surface area (Å²) in [6, 6.07) is 48.8. The summed E-state index contributed by atoms with van der Waals surface area (Å²) >= 11 is 4.90. The molecule has 3 heterocycles. The van der Waals surface area contributed by atoms with Gasteiger partial charge in [0.05, 0.1) is 36.5 Å². The van der Waals surface area contributed by atoms with E-state index in [1.54, 1.807) is 35.3 Å². The molecule has 0 unspecified atom stereocenters. The zero-order chi connectivity index (χ0) is 39.7. The van der Waals surface area contributed by atoms with Crippen LogP contribution in [0.25, 0.3) is 0 Å². The molecule has 57 heavy (non-hydrogen) atoms. The fraction of sp³-hybridized carbons (Fsp3) is 0.133. The minimum atomic E-state index is 0.132. The Bertz CT molecular complexity index is 2550. The van der Waals surface area contributed by atoms with Crippen LogP contribution in [0.2, 0.25) is 20.5 Å². The van der Waals surface area contributed by atoms with Gasteiger partial charge in [-0.05, 0) is 93.7 Å². The molecule has 0 saturated carbocycles. The Hall–Kier alpha value is -5.09. The minimum absolute atomic E-state index is 0.132. The fourth-order valence-electron chi connectivity index (χ4n) is 6.80. The summed E-state index contributed by atoms with van der Waals surface area (Å²) in [5, 5.41) is 27.4. The van der Waals surface area contributed by atoms with Gasteiger partial charge in [-0.1, -0.05) is 122 Å². The fourth-order valence-corrected chi connectivity index (χ4v) is 9.87. The van der Waals surface area contributed by atoms with Gasteiger partial charge in [0.15, 0.2) is 0 Å². The minimum Gasteiger partial charge on any atom is -0.427 e. The predicted molar refractivity (Wildman–Crippen MR) is 233 cm³/mol. The van der Waals surface area contributed by atoms with Crippen molar-refractivity contribution in [2.45, 2.75) is 69.7 Å². The van der Waals surface area contributed by atoms with E-state index in [1.807, 2.05) is 72.8 Å². The van der Waals surface area contributed by atoms with Crippen molar-refractivity contribution in [2.24, 2.45) is 0 Å². The maximum atomic E-state index is 9.15. The molecule has 0 aliphatic carbocycles. The van der Waals surface area contributed by atoms with Crippen molar-refractivity contribution in [3.8, 4) is 18.2 Å². The Morgan fingerprint density at radius 1 is 0.439 bits per heavy atom. The SMILES string of the molecule is CB1OCc2cc(Sc3ccccc3C#N)ccc21.CB1OCc2ccc(Sc3ccccc3C#N)cc21.CB1OCc2cccc(Sc3ccccc3C#N)c21. The Kier molecular flexibility index (Phi) is 13.3. The molecule has 0 saturated heterocycles. The van der Waals surface area contributed by atoms with Crippen molar-refractivity contribution in [2.75, 3.05) is 0 Å². The first-order valence-electron chi connectivity index (χ1n) is 18.6. The Morgan fingerprint density at radius 2 is 0.912 bits per heavy atom. The van der Waals surface area contributed by atoms with Crippen LogP contribution in [0, 0.1) is 34.0 Å². The lowest BCUT2D eigenvalue weighted by molar-refractivity contribution is 0.333. The second-order valence-corrected chi connectivity index (χ2v) is 16.9. The Labute approximate surface area is 348 Å². The number of hydrogen-bond acceptors (Lipinski definition) is 9. The summed E-state index contributed by atoms with van der Waals surface area (Å²) in [4.78, 5) is 6.48. The average molecular weight is 795 g/mol. The molecule has 6 aromatic carbocycles. The zero-order valence-corrected chi connectivity index (χ0v) is 34.2. The molecule has 3 aliphatic rings. The summed E-state index contributed by atoms with van der Waals surface area (Å²) < 4.78 is 16.9.